The van der Waals surface area contributed by atoms with Gasteiger partial charge in [0.05, 0.1) is 0 Å². The minimum absolute atomic E-state index is 0.254. The van der Waals surface area contributed by atoms with Crippen LogP contribution in [0, 0.1) is 11.8 Å². The molecule has 0 spiro atoms. The Balaban J connectivity index is 2.66. The number of amides is 1. The second kappa shape index (κ2) is 5.53. The molecule has 0 aromatic carbocycles. The third kappa shape index (κ3) is 2.53. The summed E-state index contributed by atoms with van der Waals surface area (Å²) >= 11 is 0. The molecule has 1 aliphatic heterocycles. The van der Waals surface area contributed by atoms with Gasteiger partial charge in [-0.05, 0) is 31.6 Å². The molecule has 1 saturated heterocycles. The van der Waals surface area contributed by atoms with E-state index in [-0.39, 0.29) is 5.92 Å². The summed E-state index contributed by atoms with van der Waals surface area (Å²) < 4.78 is 0. The lowest BCUT2D eigenvalue weighted by Crippen LogP contribution is -2.40. The summed E-state index contributed by atoms with van der Waals surface area (Å²) in [4.78, 5) is 14.4. The molecule has 2 atom stereocenters. The lowest BCUT2D eigenvalue weighted by Gasteiger charge is -2.29. The Labute approximate surface area is 94.0 Å². The summed E-state index contributed by atoms with van der Waals surface area (Å²) in [6.45, 7) is 9.68. The normalized spacial score (nSPS) is 26.3. The van der Waals surface area contributed by atoms with E-state index in [1.807, 2.05) is 0 Å². The minimum Gasteiger partial charge on any atom is -0.339 e. The van der Waals surface area contributed by atoms with Crippen molar-refractivity contribution in [3.05, 3.63) is 0 Å². The Kier molecular flexibility index (Phi) is 4.62. The second-order valence-corrected chi connectivity index (χ2v) is 4.79. The number of likely N-dealkylation sites (tertiary alicyclic amines) is 1. The summed E-state index contributed by atoms with van der Waals surface area (Å²) in [5, 5.41) is 0. The van der Waals surface area contributed by atoms with Crippen LogP contribution in [0.3, 0.4) is 0 Å². The van der Waals surface area contributed by atoms with Gasteiger partial charge in [0.2, 0.25) is 5.91 Å². The highest BCUT2D eigenvalue weighted by Crippen LogP contribution is 2.28. The zero-order valence-corrected chi connectivity index (χ0v) is 10.6. The fourth-order valence-electron chi connectivity index (χ4n) is 2.78. The molecule has 1 aliphatic rings. The first-order chi connectivity index (χ1) is 7.15. The zero-order valence-electron chi connectivity index (χ0n) is 10.6. The van der Waals surface area contributed by atoms with E-state index in [9.17, 15) is 4.79 Å². The summed E-state index contributed by atoms with van der Waals surface area (Å²) in [6.07, 6.45) is 4.25. The molecule has 1 rings (SSSR count). The SMILES string of the molecule is CCC(CC)C(=O)N1CC[C@H](C)[C@H]1CC. The quantitative estimate of drug-likeness (QED) is 0.700. The summed E-state index contributed by atoms with van der Waals surface area (Å²) in [5.74, 6) is 1.34. The topological polar surface area (TPSA) is 20.3 Å². The Morgan fingerprint density at radius 2 is 1.93 bits per heavy atom. The molecule has 0 aromatic heterocycles. The van der Waals surface area contributed by atoms with Gasteiger partial charge in [-0.3, -0.25) is 4.79 Å². The molecule has 88 valence electrons. The molecular weight excluding hydrogens is 186 g/mol. The third-order valence-corrected chi connectivity index (χ3v) is 3.92. The van der Waals surface area contributed by atoms with Crippen LogP contribution in [0.1, 0.15) is 53.4 Å². The Bertz CT molecular complexity index is 211. The lowest BCUT2D eigenvalue weighted by atomic mass is 9.98. The fourth-order valence-corrected chi connectivity index (χ4v) is 2.78. The van der Waals surface area contributed by atoms with Gasteiger partial charge in [-0.25, -0.2) is 0 Å². The first kappa shape index (κ1) is 12.5. The maximum absolute atomic E-state index is 12.2. The first-order valence-corrected chi connectivity index (χ1v) is 6.46. The maximum atomic E-state index is 12.2. The highest BCUT2D eigenvalue weighted by atomic mass is 16.2. The van der Waals surface area contributed by atoms with Crippen LogP contribution in [0.25, 0.3) is 0 Å². The van der Waals surface area contributed by atoms with E-state index in [2.05, 4.69) is 32.6 Å². The van der Waals surface area contributed by atoms with Crippen LogP contribution in [-0.2, 0) is 4.79 Å². The molecular formula is C13H25NO. The number of hydrogen-bond acceptors (Lipinski definition) is 1. The second-order valence-electron chi connectivity index (χ2n) is 4.79. The third-order valence-electron chi connectivity index (χ3n) is 3.92. The van der Waals surface area contributed by atoms with E-state index in [4.69, 9.17) is 0 Å². The van der Waals surface area contributed by atoms with Crippen LogP contribution >= 0.6 is 0 Å². The van der Waals surface area contributed by atoms with Crippen LogP contribution in [0.4, 0.5) is 0 Å². The number of rotatable bonds is 4. The molecule has 0 aliphatic carbocycles. The Hall–Kier alpha value is -0.530. The van der Waals surface area contributed by atoms with Crippen molar-refractivity contribution in [1.82, 2.24) is 4.90 Å². The molecule has 0 unspecified atom stereocenters. The van der Waals surface area contributed by atoms with Gasteiger partial charge in [0.15, 0.2) is 0 Å². The van der Waals surface area contributed by atoms with Crippen LogP contribution in [-0.4, -0.2) is 23.4 Å². The molecule has 0 N–H and O–H groups in total. The van der Waals surface area contributed by atoms with Gasteiger partial charge in [0, 0.05) is 18.5 Å². The number of carbonyl (C=O) groups is 1. The fraction of sp³-hybridized carbons (Fsp3) is 0.923. The number of carbonyl (C=O) groups excluding carboxylic acids is 1. The van der Waals surface area contributed by atoms with Crippen molar-refractivity contribution in [2.75, 3.05) is 6.54 Å². The average Bonchev–Trinajstić information content (AvgIpc) is 2.61. The molecule has 1 fully saturated rings. The Morgan fingerprint density at radius 1 is 1.33 bits per heavy atom. The smallest absolute Gasteiger partial charge is 0.225 e. The molecule has 1 heterocycles. The van der Waals surface area contributed by atoms with E-state index in [0.29, 0.717) is 17.9 Å². The minimum atomic E-state index is 0.254. The molecule has 2 heteroatoms. The van der Waals surface area contributed by atoms with E-state index in [1.54, 1.807) is 0 Å². The Morgan fingerprint density at radius 3 is 2.40 bits per heavy atom. The van der Waals surface area contributed by atoms with E-state index < -0.39 is 0 Å². The van der Waals surface area contributed by atoms with Crippen molar-refractivity contribution in [2.45, 2.75) is 59.4 Å². The van der Waals surface area contributed by atoms with Crippen LogP contribution in [0.2, 0.25) is 0 Å². The summed E-state index contributed by atoms with van der Waals surface area (Å²) in [6, 6.07) is 0.498. The van der Waals surface area contributed by atoms with Gasteiger partial charge < -0.3 is 4.90 Å². The van der Waals surface area contributed by atoms with E-state index in [1.165, 1.54) is 6.42 Å². The standard InChI is InChI=1S/C13H25NO/c1-5-11(6-2)13(15)14-9-8-10(4)12(14)7-3/h10-12H,5-9H2,1-4H3/t10-,12+/m0/s1. The molecule has 1 amide bonds. The van der Waals surface area contributed by atoms with Crippen molar-refractivity contribution < 1.29 is 4.79 Å². The largest absolute Gasteiger partial charge is 0.339 e. The first-order valence-electron chi connectivity index (χ1n) is 6.46. The van der Waals surface area contributed by atoms with Crippen molar-refractivity contribution in [1.29, 1.82) is 0 Å². The van der Waals surface area contributed by atoms with Gasteiger partial charge in [-0.15, -0.1) is 0 Å². The van der Waals surface area contributed by atoms with Crippen molar-refractivity contribution in [3.8, 4) is 0 Å². The molecule has 0 radical (unpaired) electrons. The monoisotopic (exact) mass is 211 g/mol. The van der Waals surface area contributed by atoms with Gasteiger partial charge in [-0.1, -0.05) is 27.7 Å². The lowest BCUT2D eigenvalue weighted by molar-refractivity contribution is -0.137. The number of hydrogen-bond donors (Lipinski definition) is 0. The maximum Gasteiger partial charge on any atom is 0.225 e. The average molecular weight is 211 g/mol. The predicted octanol–water partition coefficient (Wildman–Crippen LogP) is 3.07. The highest BCUT2D eigenvalue weighted by molar-refractivity contribution is 5.79. The number of nitrogens with zero attached hydrogens (tertiary/aromatic N) is 1. The molecule has 0 aromatic rings. The van der Waals surface area contributed by atoms with Crippen LogP contribution in [0.15, 0.2) is 0 Å². The summed E-state index contributed by atoms with van der Waals surface area (Å²) in [7, 11) is 0. The van der Waals surface area contributed by atoms with Crippen molar-refractivity contribution in [2.24, 2.45) is 11.8 Å². The van der Waals surface area contributed by atoms with Crippen LogP contribution in [0.5, 0.6) is 0 Å². The van der Waals surface area contributed by atoms with Gasteiger partial charge >= 0.3 is 0 Å². The van der Waals surface area contributed by atoms with Crippen molar-refractivity contribution >= 4 is 5.91 Å². The highest BCUT2D eigenvalue weighted by Gasteiger charge is 2.34. The van der Waals surface area contributed by atoms with Gasteiger partial charge in [0.25, 0.3) is 0 Å². The van der Waals surface area contributed by atoms with Crippen LogP contribution < -0.4 is 0 Å². The zero-order chi connectivity index (χ0) is 11.4. The predicted molar refractivity (Wildman–Crippen MR) is 63.6 cm³/mol. The van der Waals surface area contributed by atoms with Gasteiger partial charge in [-0.2, -0.15) is 0 Å². The molecule has 0 bridgehead atoms. The summed E-state index contributed by atoms with van der Waals surface area (Å²) in [5.41, 5.74) is 0. The van der Waals surface area contributed by atoms with Gasteiger partial charge in [0.1, 0.15) is 0 Å². The molecule has 15 heavy (non-hydrogen) atoms. The van der Waals surface area contributed by atoms with Crippen molar-refractivity contribution in [3.63, 3.8) is 0 Å². The molecule has 0 saturated carbocycles. The van der Waals surface area contributed by atoms with E-state index >= 15 is 0 Å². The van der Waals surface area contributed by atoms with E-state index in [0.717, 1.165) is 25.8 Å². The molecule has 2 nitrogen and oxygen atoms in total.